The van der Waals surface area contributed by atoms with Gasteiger partial charge in [-0.15, -0.1) is 11.3 Å². The number of rotatable bonds is 3. The van der Waals surface area contributed by atoms with E-state index in [0.717, 1.165) is 17.1 Å². The van der Waals surface area contributed by atoms with Gasteiger partial charge in [-0.05, 0) is 52.9 Å². The molecular weight excluding hydrogens is 304 g/mol. The molecule has 0 aliphatic carbocycles. The van der Waals surface area contributed by atoms with Gasteiger partial charge in [0.15, 0.2) is 0 Å². The van der Waals surface area contributed by atoms with E-state index in [-0.39, 0.29) is 0 Å². The van der Waals surface area contributed by atoms with Crippen LogP contribution < -0.4 is 10.6 Å². The lowest BCUT2D eigenvalue weighted by atomic mass is 9.93. The van der Waals surface area contributed by atoms with Gasteiger partial charge in [0.2, 0.25) is 0 Å². The molecule has 2 aromatic heterocycles. The second-order valence-electron chi connectivity index (χ2n) is 5.49. The minimum atomic E-state index is 0.325. The third kappa shape index (κ3) is 2.71. The van der Waals surface area contributed by atoms with Crippen molar-refractivity contribution in [1.82, 2.24) is 4.98 Å². The normalized spacial score (nSPS) is 15.7. The van der Waals surface area contributed by atoms with Gasteiger partial charge in [-0.2, -0.15) is 0 Å². The Hall–Kier alpha value is -2.66. The van der Waals surface area contributed by atoms with Gasteiger partial charge in [-0.3, -0.25) is 10.4 Å². The Morgan fingerprint density at radius 2 is 2.09 bits per heavy atom. The van der Waals surface area contributed by atoms with Gasteiger partial charge in [0.1, 0.15) is 5.84 Å². The van der Waals surface area contributed by atoms with Crippen molar-refractivity contribution in [3.05, 3.63) is 76.2 Å². The van der Waals surface area contributed by atoms with E-state index in [1.54, 1.807) is 11.3 Å². The van der Waals surface area contributed by atoms with E-state index in [2.05, 4.69) is 39.9 Å². The lowest BCUT2D eigenvalue weighted by Crippen LogP contribution is -2.10. The monoisotopic (exact) mass is 320 g/mol. The molecule has 0 saturated heterocycles. The summed E-state index contributed by atoms with van der Waals surface area (Å²) in [5.74, 6) is 0.761. The SMILES string of the molecule is N=C(Nc1ccc2c(c1)C(c1ccncc1)CN2)c1cccs1. The van der Waals surface area contributed by atoms with E-state index in [0.29, 0.717) is 11.8 Å². The molecule has 0 fully saturated rings. The van der Waals surface area contributed by atoms with Gasteiger partial charge in [0, 0.05) is 36.2 Å². The van der Waals surface area contributed by atoms with Crippen LogP contribution in [0.2, 0.25) is 0 Å². The van der Waals surface area contributed by atoms with E-state index < -0.39 is 0 Å². The topological polar surface area (TPSA) is 60.8 Å². The van der Waals surface area contributed by atoms with Crippen molar-refractivity contribution in [3.8, 4) is 0 Å². The van der Waals surface area contributed by atoms with Crippen LogP contribution >= 0.6 is 11.3 Å². The van der Waals surface area contributed by atoms with E-state index in [9.17, 15) is 0 Å². The maximum absolute atomic E-state index is 8.17. The van der Waals surface area contributed by atoms with Crippen molar-refractivity contribution in [1.29, 1.82) is 5.41 Å². The van der Waals surface area contributed by atoms with Crippen LogP contribution in [0.3, 0.4) is 0 Å². The number of thiophene rings is 1. The Kier molecular flexibility index (Phi) is 3.55. The molecule has 1 unspecified atom stereocenters. The second-order valence-corrected chi connectivity index (χ2v) is 6.44. The van der Waals surface area contributed by atoms with Crippen molar-refractivity contribution >= 4 is 28.5 Å². The molecule has 1 aliphatic heterocycles. The number of anilines is 2. The summed E-state index contributed by atoms with van der Waals surface area (Å²) < 4.78 is 0. The molecule has 0 bridgehead atoms. The van der Waals surface area contributed by atoms with Gasteiger partial charge in [0.25, 0.3) is 0 Å². The fourth-order valence-electron chi connectivity index (χ4n) is 2.93. The van der Waals surface area contributed by atoms with Crippen LogP contribution in [0.15, 0.2) is 60.2 Å². The number of fused-ring (bicyclic) bond motifs is 1. The molecule has 0 radical (unpaired) electrons. The molecule has 1 aliphatic rings. The van der Waals surface area contributed by atoms with Crippen molar-refractivity contribution in [2.45, 2.75) is 5.92 Å². The molecule has 3 aromatic rings. The molecule has 114 valence electrons. The molecule has 0 amide bonds. The molecule has 4 rings (SSSR count). The van der Waals surface area contributed by atoms with Crippen LogP contribution in [0.1, 0.15) is 21.9 Å². The molecule has 23 heavy (non-hydrogen) atoms. The fraction of sp³-hybridized carbons (Fsp3) is 0.111. The van der Waals surface area contributed by atoms with Crippen LogP contribution in [-0.2, 0) is 0 Å². The molecule has 1 aromatic carbocycles. The number of amidine groups is 1. The van der Waals surface area contributed by atoms with Gasteiger partial charge in [-0.25, -0.2) is 0 Å². The highest BCUT2D eigenvalue weighted by molar-refractivity contribution is 7.12. The van der Waals surface area contributed by atoms with Crippen molar-refractivity contribution in [2.75, 3.05) is 17.2 Å². The maximum Gasteiger partial charge on any atom is 0.140 e. The Bertz CT molecular complexity index is 827. The molecule has 0 saturated carbocycles. The van der Waals surface area contributed by atoms with Crippen LogP contribution in [-0.4, -0.2) is 17.4 Å². The smallest absolute Gasteiger partial charge is 0.140 e. The molecule has 3 heterocycles. The third-order valence-corrected chi connectivity index (χ3v) is 4.96. The molecule has 5 heteroatoms. The van der Waals surface area contributed by atoms with Crippen LogP contribution in [0.25, 0.3) is 0 Å². The first kappa shape index (κ1) is 14.0. The van der Waals surface area contributed by atoms with Crippen LogP contribution in [0, 0.1) is 5.41 Å². The Morgan fingerprint density at radius 1 is 1.22 bits per heavy atom. The second kappa shape index (κ2) is 5.85. The van der Waals surface area contributed by atoms with Gasteiger partial charge in [0.05, 0.1) is 4.88 Å². The first-order chi connectivity index (χ1) is 11.3. The van der Waals surface area contributed by atoms with E-state index in [1.807, 2.05) is 36.0 Å². The number of benzene rings is 1. The number of hydrogen-bond acceptors (Lipinski definition) is 4. The van der Waals surface area contributed by atoms with Crippen molar-refractivity contribution in [2.24, 2.45) is 0 Å². The van der Waals surface area contributed by atoms with Gasteiger partial charge in [-0.1, -0.05) is 6.07 Å². The molecule has 1 atom stereocenters. The zero-order valence-electron chi connectivity index (χ0n) is 12.4. The quantitative estimate of drug-likeness (QED) is 0.502. The highest BCUT2D eigenvalue weighted by atomic mass is 32.1. The number of nitrogens with zero attached hydrogens (tertiary/aromatic N) is 1. The Morgan fingerprint density at radius 3 is 2.87 bits per heavy atom. The largest absolute Gasteiger partial charge is 0.384 e. The van der Waals surface area contributed by atoms with E-state index in [1.165, 1.54) is 16.8 Å². The third-order valence-electron chi connectivity index (χ3n) is 4.07. The van der Waals surface area contributed by atoms with E-state index in [4.69, 9.17) is 5.41 Å². The molecule has 0 spiro atoms. The summed E-state index contributed by atoms with van der Waals surface area (Å²) >= 11 is 1.57. The summed E-state index contributed by atoms with van der Waals surface area (Å²) in [4.78, 5) is 5.04. The average molecular weight is 320 g/mol. The molecule has 3 N–H and O–H groups in total. The Labute approximate surface area is 138 Å². The summed E-state index contributed by atoms with van der Waals surface area (Å²) in [6, 6.07) is 14.3. The lowest BCUT2D eigenvalue weighted by Gasteiger charge is -2.12. The first-order valence-electron chi connectivity index (χ1n) is 7.48. The zero-order valence-corrected chi connectivity index (χ0v) is 13.2. The molecular formula is C18H16N4S. The lowest BCUT2D eigenvalue weighted by molar-refractivity contribution is 0.903. The first-order valence-corrected chi connectivity index (χ1v) is 8.36. The highest BCUT2D eigenvalue weighted by Crippen LogP contribution is 2.37. The fourth-order valence-corrected chi connectivity index (χ4v) is 3.56. The van der Waals surface area contributed by atoms with E-state index >= 15 is 0 Å². The summed E-state index contributed by atoms with van der Waals surface area (Å²) in [6.07, 6.45) is 3.67. The summed E-state index contributed by atoms with van der Waals surface area (Å²) in [6.45, 7) is 0.894. The Balaban J connectivity index is 1.62. The zero-order chi connectivity index (χ0) is 15.6. The average Bonchev–Trinajstić information content (AvgIpc) is 3.25. The predicted molar refractivity (Wildman–Crippen MR) is 95.8 cm³/mol. The summed E-state index contributed by atoms with van der Waals surface area (Å²) in [5.41, 5.74) is 4.64. The minimum absolute atomic E-state index is 0.325. The maximum atomic E-state index is 8.17. The van der Waals surface area contributed by atoms with Crippen LogP contribution in [0.5, 0.6) is 0 Å². The standard InChI is InChI=1S/C18H16N4S/c19-18(17-2-1-9-23-17)22-13-3-4-16-14(10-13)15(11-21-16)12-5-7-20-8-6-12/h1-10,15,21H,11H2,(H2,19,22). The highest BCUT2D eigenvalue weighted by Gasteiger charge is 2.24. The van der Waals surface area contributed by atoms with Crippen LogP contribution in [0.4, 0.5) is 11.4 Å². The molecule has 4 nitrogen and oxygen atoms in total. The number of hydrogen-bond donors (Lipinski definition) is 3. The summed E-state index contributed by atoms with van der Waals surface area (Å²) in [5, 5.41) is 16.8. The van der Waals surface area contributed by atoms with Gasteiger partial charge >= 0.3 is 0 Å². The minimum Gasteiger partial charge on any atom is -0.384 e. The van der Waals surface area contributed by atoms with Gasteiger partial charge < -0.3 is 10.6 Å². The number of nitrogens with one attached hydrogen (secondary N) is 3. The number of aromatic nitrogens is 1. The van der Waals surface area contributed by atoms with Crippen molar-refractivity contribution in [3.63, 3.8) is 0 Å². The number of pyridine rings is 1. The predicted octanol–water partition coefficient (Wildman–Crippen LogP) is 4.14. The summed E-state index contributed by atoms with van der Waals surface area (Å²) in [7, 11) is 0. The van der Waals surface area contributed by atoms with Crippen molar-refractivity contribution < 1.29 is 0 Å².